The molecule has 0 N–H and O–H groups in total. The first kappa shape index (κ1) is 20.9. The van der Waals surface area contributed by atoms with Gasteiger partial charge in [-0.05, 0) is 42.8 Å². The average molecular weight is 407 g/mol. The topological polar surface area (TPSA) is 82.1 Å². The van der Waals surface area contributed by atoms with E-state index in [9.17, 15) is 14.4 Å². The fourth-order valence-corrected chi connectivity index (χ4v) is 3.24. The predicted octanol–water partition coefficient (Wildman–Crippen LogP) is 3.36. The zero-order valence-electron chi connectivity index (χ0n) is 17.1. The first-order chi connectivity index (χ1) is 14.4. The van der Waals surface area contributed by atoms with Crippen LogP contribution in [0.25, 0.3) is 6.08 Å². The van der Waals surface area contributed by atoms with Crippen molar-refractivity contribution in [2.45, 2.75) is 6.92 Å². The molecule has 0 saturated carbocycles. The van der Waals surface area contributed by atoms with E-state index >= 15 is 0 Å². The van der Waals surface area contributed by atoms with E-state index in [1.807, 2.05) is 0 Å². The number of carbonyl (C=O) groups is 3. The van der Waals surface area contributed by atoms with E-state index in [0.717, 1.165) is 0 Å². The van der Waals surface area contributed by atoms with E-state index in [2.05, 4.69) is 0 Å². The molecule has 0 bridgehead atoms. The summed E-state index contributed by atoms with van der Waals surface area (Å²) >= 11 is 0. The average Bonchev–Trinajstić information content (AvgIpc) is 3.02. The number of hydrogen-bond donors (Lipinski definition) is 0. The Hall–Kier alpha value is -3.87. The van der Waals surface area contributed by atoms with Crippen molar-refractivity contribution in [3.63, 3.8) is 0 Å². The molecule has 154 valence electrons. The van der Waals surface area contributed by atoms with Crippen molar-refractivity contribution in [3.8, 4) is 5.75 Å². The van der Waals surface area contributed by atoms with Crippen LogP contribution >= 0.6 is 0 Å². The molecule has 1 amide bonds. The van der Waals surface area contributed by atoms with E-state index in [4.69, 9.17) is 14.2 Å². The quantitative estimate of drug-likeness (QED) is 0.558. The van der Waals surface area contributed by atoms with Gasteiger partial charge in [0.2, 0.25) is 0 Å². The zero-order chi connectivity index (χ0) is 21.8. The summed E-state index contributed by atoms with van der Waals surface area (Å²) in [6, 6.07) is 13.5. The van der Waals surface area contributed by atoms with Crippen molar-refractivity contribution in [1.29, 1.82) is 0 Å². The van der Waals surface area contributed by atoms with Gasteiger partial charge < -0.3 is 14.2 Å². The Morgan fingerprint density at radius 2 is 1.60 bits per heavy atom. The van der Waals surface area contributed by atoms with Crippen LogP contribution in [0.3, 0.4) is 0 Å². The number of esters is 2. The Morgan fingerprint density at radius 1 is 0.933 bits per heavy atom. The van der Waals surface area contributed by atoms with Crippen LogP contribution in [0.2, 0.25) is 0 Å². The monoisotopic (exact) mass is 407 g/mol. The minimum absolute atomic E-state index is 0.183. The Kier molecular flexibility index (Phi) is 6.01. The van der Waals surface area contributed by atoms with Gasteiger partial charge in [-0.1, -0.05) is 18.2 Å². The molecule has 1 aliphatic heterocycles. The molecule has 7 nitrogen and oxygen atoms in total. The lowest BCUT2D eigenvalue weighted by atomic mass is 10.0. The van der Waals surface area contributed by atoms with Gasteiger partial charge in [-0.2, -0.15) is 0 Å². The largest absolute Gasteiger partial charge is 0.497 e. The zero-order valence-corrected chi connectivity index (χ0v) is 17.1. The summed E-state index contributed by atoms with van der Waals surface area (Å²) in [4.78, 5) is 38.8. The van der Waals surface area contributed by atoms with Crippen molar-refractivity contribution in [2.24, 2.45) is 0 Å². The molecule has 0 spiro atoms. The minimum atomic E-state index is -0.608. The number of hydrogen-bond acceptors (Lipinski definition) is 6. The van der Waals surface area contributed by atoms with Gasteiger partial charge in [-0.3, -0.25) is 9.69 Å². The van der Waals surface area contributed by atoms with Crippen molar-refractivity contribution in [3.05, 3.63) is 76.5 Å². The smallest absolute Gasteiger partial charge is 0.340 e. The Balaban J connectivity index is 2.07. The maximum atomic E-state index is 13.3. The highest BCUT2D eigenvalue weighted by Crippen LogP contribution is 2.36. The highest BCUT2D eigenvalue weighted by molar-refractivity contribution is 6.23. The van der Waals surface area contributed by atoms with Gasteiger partial charge in [-0.25, -0.2) is 9.59 Å². The lowest BCUT2D eigenvalue weighted by molar-refractivity contribution is -0.136. The van der Waals surface area contributed by atoms with Crippen LogP contribution in [-0.2, 0) is 19.1 Å². The summed E-state index contributed by atoms with van der Waals surface area (Å²) in [5.41, 5.74) is 2.44. The van der Waals surface area contributed by atoms with E-state index in [0.29, 0.717) is 28.3 Å². The maximum absolute atomic E-state index is 13.3. The first-order valence-corrected chi connectivity index (χ1v) is 9.09. The molecule has 2 aromatic rings. The highest BCUT2D eigenvalue weighted by atomic mass is 16.5. The molecule has 3 rings (SSSR count). The van der Waals surface area contributed by atoms with E-state index in [1.54, 1.807) is 61.5 Å². The molecule has 0 saturated heterocycles. The summed E-state index contributed by atoms with van der Waals surface area (Å²) in [6.45, 7) is 1.69. The Bertz CT molecular complexity index is 1070. The second-order valence-electron chi connectivity index (χ2n) is 6.47. The molecule has 7 heteroatoms. The number of carbonyl (C=O) groups excluding carboxylic acids is 3. The highest BCUT2D eigenvalue weighted by Gasteiger charge is 2.38. The van der Waals surface area contributed by atoms with Gasteiger partial charge in [0.1, 0.15) is 5.75 Å². The molecule has 0 atom stereocenters. The van der Waals surface area contributed by atoms with Crippen molar-refractivity contribution < 1.29 is 28.6 Å². The van der Waals surface area contributed by atoms with E-state index < -0.39 is 11.9 Å². The molecule has 1 aliphatic rings. The molecule has 1 heterocycles. The summed E-state index contributed by atoms with van der Waals surface area (Å²) in [5, 5.41) is 0. The Labute approximate surface area is 174 Å². The van der Waals surface area contributed by atoms with Crippen LogP contribution in [0.5, 0.6) is 5.75 Å². The standard InChI is InChI=1S/C23H21NO6/c1-14-20(23(27)30-4)19(12-15-8-10-16(11-9-15)22(26)29-3)21(25)24(14)17-6-5-7-18(13-17)28-2/h5-13H,1-4H3. The normalized spacial score (nSPS) is 14.9. The lowest BCUT2D eigenvalue weighted by Crippen LogP contribution is -2.24. The SMILES string of the molecule is COC(=O)C1=C(C)N(c2cccc(OC)c2)C(=O)C1=Cc1ccc(C(=O)OC)cc1. The fourth-order valence-electron chi connectivity index (χ4n) is 3.24. The number of amides is 1. The number of methoxy groups -OCH3 is 3. The van der Waals surface area contributed by atoms with E-state index in [-0.39, 0.29) is 17.1 Å². The van der Waals surface area contributed by atoms with Gasteiger partial charge in [0.15, 0.2) is 0 Å². The number of rotatable bonds is 5. The van der Waals surface area contributed by atoms with Crippen molar-refractivity contribution in [2.75, 3.05) is 26.2 Å². The molecular weight excluding hydrogens is 386 g/mol. The summed E-state index contributed by atoms with van der Waals surface area (Å²) < 4.78 is 14.8. The fraction of sp³-hybridized carbons (Fsp3) is 0.174. The number of ether oxygens (including phenoxy) is 3. The van der Waals surface area contributed by atoms with Crippen LogP contribution in [0, 0.1) is 0 Å². The lowest BCUT2D eigenvalue weighted by Gasteiger charge is -2.18. The third kappa shape index (κ3) is 3.82. The summed E-state index contributed by atoms with van der Waals surface area (Å²) in [6.07, 6.45) is 1.60. The van der Waals surface area contributed by atoms with Crippen molar-refractivity contribution >= 4 is 29.6 Å². The third-order valence-electron chi connectivity index (χ3n) is 4.74. The number of benzene rings is 2. The van der Waals surface area contributed by atoms with Crippen LogP contribution in [0.1, 0.15) is 22.8 Å². The number of nitrogens with zero attached hydrogens (tertiary/aromatic N) is 1. The first-order valence-electron chi connectivity index (χ1n) is 9.09. The molecular formula is C23H21NO6. The molecule has 0 aromatic heterocycles. The van der Waals surface area contributed by atoms with Crippen LogP contribution in [0.4, 0.5) is 5.69 Å². The molecule has 30 heavy (non-hydrogen) atoms. The van der Waals surface area contributed by atoms with Gasteiger partial charge in [0.25, 0.3) is 5.91 Å². The van der Waals surface area contributed by atoms with Crippen molar-refractivity contribution in [1.82, 2.24) is 0 Å². The Morgan fingerprint density at radius 3 is 2.20 bits per heavy atom. The van der Waals surface area contributed by atoms with Gasteiger partial charge in [0, 0.05) is 11.8 Å². The minimum Gasteiger partial charge on any atom is -0.497 e. The molecule has 0 radical (unpaired) electrons. The number of anilines is 1. The third-order valence-corrected chi connectivity index (χ3v) is 4.74. The van der Waals surface area contributed by atoms with Crippen LogP contribution in [0.15, 0.2) is 65.4 Å². The second kappa shape index (κ2) is 8.65. The number of allylic oxidation sites excluding steroid dienone is 1. The van der Waals surface area contributed by atoms with Gasteiger partial charge in [0.05, 0.1) is 43.7 Å². The van der Waals surface area contributed by atoms with E-state index in [1.165, 1.54) is 26.2 Å². The predicted molar refractivity (Wildman–Crippen MR) is 111 cm³/mol. The molecule has 0 fully saturated rings. The van der Waals surface area contributed by atoms with Gasteiger partial charge >= 0.3 is 11.9 Å². The molecule has 2 aromatic carbocycles. The summed E-state index contributed by atoms with van der Waals surface area (Å²) in [7, 11) is 4.11. The van der Waals surface area contributed by atoms with Crippen LogP contribution < -0.4 is 9.64 Å². The molecule has 0 aliphatic carbocycles. The maximum Gasteiger partial charge on any atom is 0.340 e. The van der Waals surface area contributed by atoms with Crippen LogP contribution in [-0.4, -0.2) is 39.2 Å². The summed E-state index contributed by atoms with van der Waals surface area (Å²) in [5.74, 6) is -0.841. The van der Waals surface area contributed by atoms with Gasteiger partial charge in [-0.15, -0.1) is 0 Å². The molecule has 0 unspecified atom stereocenters. The second-order valence-corrected chi connectivity index (χ2v) is 6.47.